The number of fused-ring (bicyclic) bond motifs is 1. The van der Waals surface area contributed by atoms with Gasteiger partial charge in [0.1, 0.15) is 11.6 Å². The van der Waals surface area contributed by atoms with E-state index in [2.05, 4.69) is 10.1 Å². The van der Waals surface area contributed by atoms with Gasteiger partial charge in [0.2, 0.25) is 10.9 Å². The Morgan fingerprint density at radius 3 is 2.33 bits per heavy atom. The average Bonchev–Trinajstić information content (AvgIpc) is 3.31. The molecule has 0 saturated carbocycles. The van der Waals surface area contributed by atoms with E-state index in [0.29, 0.717) is 50.9 Å². The number of nitrogens with zero attached hydrogens (tertiary/aromatic N) is 3. The van der Waals surface area contributed by atoms with E-state index in [1.54, 1.807) is 42.5 Å². The number of rotatable bonds is 9. The quantitative estimate of drug-likeness (QED) is 0.218. The summed E-state index contributed by atoms with van der Waals surface area (Å²) >= 11 is 1.16. The van der Waals surface area contributed by atoms with E-state index in [-0.39, 0.29) is 10.9 Å². The summed E-state index contributed by atoms with van der Waals surface area (Å²) in [6.07, 6.45) is 1.49. The summed E-state index contributed by atoms with van der Waals surface area (Å²) in [5, 5.41) is 5.93. The molecule has 1 heterocycles. The summed E-state index contributed by atoms with van der Waals surface area (Å²) in [6.45, 7) is 2.40. The van der Waals surface area contributed by atoms with E-state index in [1.807, 2.05) is 6.92 Å². The molecule has 4 aromatic rings. The van der Waals surface area contributed by atoms with E-state index < -0.39 is 5.91 Å². The second-order valence-electron chi connectivity index (χ2n) is 7.39. The fraction of sp³-hybridized carbons (Fsp3) is 0.192. The summed E-state index contributed by atoms with van der Waals surface area (Å²) in [7, 11) is 4.54. The number of amides is 1. The lowest BCUT2D eigenvalue weighted by molar-refractivity contribution is 0.0988. The van der Waals surface area contributed by atoms with Gasteiger partial charge in [-0.3, -0.25) is 4.79 Å². The number of anilines is 1. The van der Waals surface area contributed by atoms with Crippen molar-refractivity contribution in [2.45, 2.75) is 6.92 Å². The zero-order valence-electron chi connectivity index (χ0n) is 20.1. The molecule has 0 aliphatic heterocycles. The highest BCUT2D eigenvalue weighted by Crippen LogP contribution is 2.38. The molecule has 0 radical (unpaired) electrons. The Balaban J connectivity index is 1.76. The highest BCUT2D eigenvalue weighted by atomic mass is 32.1. The minimum Gasteiger partial charge on any atom is -0.494 e. The Morgan fingerprint density at radius 1 is 1.03 bits per heavy atom. The molecule has 0 aliphatic carbocycles. The molecule has 0 aliphatic rings. The molecule has 0 spiro atoms. The normalized spacial score (nSPS) is 11.0. The summed E-state index contributed by atoms with van der Waals surface area (Å²) in [5.41, 5.74) is 1.54. The molecule has 4 rings (SSSR count). The Labute approximate surface area is 211 Å². The predicted molar refractivity (Wildman–Crippen MR) is 138 cm³/mol. The zero-order chi connectivity index (χ0) is 25.7. The molecule has 1 amide bonds. The van der Waals surface area contributed by atoms with Crippen molar-refractivity contribution in [1.82, 2.24) is 4.98 Å². The summed E-state index contributed by atoms with van der Waals surface area (Å²) in [5.74, 6) is 1.17. The van der Waals surface area contributed by atoms with Gasteiger partial charge in [0.25, 0.3) is 5.91 Å². The van der Waals surface area contributed by atoms with Crippen LogP contribution in [0.1, 0.15) is 22.8 Å². The third-order valence-electron chi connectivity index (χ3n) is 5.13. The number of thiazole rings is 1. The van der Waals surface area contributed by atoms with Crippen molar-refractivity contribution < 1.29 is 28.1 Å². The summed E-state index contributed by atoms with van der Waals surface area (Å²) < 4.78 is 36.0. The van der Waals surface area contributed by atoms with Gasteiger partial charge in [-0.1, -0.05) is 11.3 Å². The van der Waals surface area contributed by atoms with Gasteiger partial charge in [-0.15, -0.1) is 0 Å². The SMILES string of the molecule is CCOc1ccc(C(=O)N(/N=C/c2cc(OC)c(OC)c(OC)c2)c2nc3ccc(F)cc3s2)cc1. The number of hydrazone groups is 1. The van der Waals surface area contributed by atoms with Crippen LogP contribution in [0.5, 0.6) is 23.0 Å². The number of carbonyl (C=O) groups is 1. The fourth-order valence-electron chi connectivity index (χ4n) is 3.45. The van der Waals surface area contributed by atoms with Crippen molar-refractivity contribution in [3.05, 3.63) is 71.5 Å². The molecular formula is C26H24FN3O5S. The van der Waals surface area contributed by atoms with Gasteiger partial charge < -0.3 is 18.9 Å². The third-order valence-corrected chi connectivity index (χ3v) is 6.13. The number of hydrogen-bond acceptors (Lipinski definition) is 8. The Kier molecular flexibility index (Phi) is 7.65. The zero-order valence-corrected chi connectivity index (χ0v) is 21.0. The summed E-state index contributed by atoms with van der Waals surface area (Å²) in [6, 6.07) is 14.4. The van der Waals surface area contributed by atoms with Crippen LogP contribution in [-0.4, -0.2) is 45.0 Å². The monoisotopic (exact) mass is 509 g/mol. The molecule has 0 unspecified atom stereocenters. The first-order chi connectivity index (χ1) is 17.5. The van der Waals surface area contributed by atoms with Gasteiger partial charge in [-0.2, -0.15) is 10.1 Å². The van der Waals surface area contributed by atoms with Crippen LogP contribution in [0.25, 0.3) is 10.2 Å². The maximum absolute atomic E-state index is 13.8. The van der Waals surface area contributed by atoms with E-state index in [4.69, 9.17) is 18.9 Å². The van der Waals surface area contributed by atoms with Crippen molar-refractivity contribution >= 4 is 38.8 Å². The van der Waals surface area contributed by atoms with Crippen molar-refractivity contribution in [2.24, 2.45) is 5.10 Å². The second kappa shape index (κ2) is 11.0. The number of ether oxygens (including phenoxy) is 4. The molecular weight excluding hydrogens is 485 g/mol. The van der Waals surface area contributed by atoms with Gasteiger partial charge >= 0.3 is 0 Å². The van der Waals surface area contributed by atoms with Gasteiger partial charge in [-0.25, -0.2) is 9.37 Å². The Bertz CT molecular complexity index is 1380. The first-order valence-electron chi connectivity index (χ1n) is 10.9. The molecule has 0 atom stereocenters. The Morgan fingerprint density at radius 2 is 1.72 bits per heavy atom. The number of methoxy groups -OCH3 is 3. The average molecular weight is 510 g/mol. The van der Waals surface area contributed by atoms with Gasteiger partial charge in [0.05, 0.1) is 44.4 Å². The molecule has 36 heavy (non-hydrogen) atoms. The molecule has 0 fully saturated rings. The fourth-order valence-corrected chi connectivity index (χ4v) is 4.40. The van der Waals surface area contributed by atoms with Crippen LogP contribution < -0.4 is 24.0 Å². The second-order valence-corrected chi connectivity index (χ2v) is 8.40. The standard InChI is InChI=1S/C26H24FN3O5S/c1-5-35-19-9-6-17(7-10-19)25(31)30(26-29-20-11-8-18(27)14-23(20)36-26)28-15-16-12-21(32-2)24(34-4)22(13-16)33-3/h6-15H,5H2,1-4H3/b28-15+. The number of halogens is 1. The van der Waals surface area contributed by atoms with Crippen LogP contribution in [0.4, 0.5) is 9.52 Å². The van der Waals surface area contributed by atoms with E-state index in [9.17, 15) is 9.18 Å². The smallest absolute Gasteiger partial charge is 0.280 e. The predicted octanol–water partition coefficient (Wildman–Crippen LogP) is 5.54. The lowest BCUT2D eigenvalue weighted by Crippen LogP contribution is -2.25. The van der Waals surface area contributed by atoms with Gasteiger partial charge in [0.15, 0.2) is 11.5 Å². The van der Waals surface area contributed by atoms with Crippen LogP contribution in [-0.2, 0) is 0 Å². The maximum Gasteiger partial charge on any atom is 0.280 e. The molecule has 8 nitrogen and oxygen atoms in total. The molecule has 10 heteroatoms. The molecule has 3 aromatic carbocycles. The maximum atomic E-state index is 13.8. The van der Waals surface area contributed by atoms with Crippen LogP contribution >= 0.6 is 11.3 Å². The lowest BCUT2D eigenvalue weighted by atomic mass is 10.2. The van der Waals surface area contributed by atoms with Gasteiger partial charge in [0, 0.05) is 11.1 Å². The van der Waals surface area contributed by atoms with Crippen molar-refractivity contribution in [3.8, 4) is 23.0 Å². The van der Waals surface area contributed by atoms with Crippen molar-refractivity contribution in [3.63, 3.8) is 0 Å². The highest BCUT2D eigenvalue weighted by Gasteiger charge is 2.22. The topological polar surface area (TPSA) is 82.5 Å². The highest BCUT2D eigenvalue weighted by molar-refractivity contribution is 7.22. The molecule has 1 aromatic heterocycles. The molecule has 0 saturated heterocycles. The largest absolute Gasteiger partial charge is 0.494 e. The van der Waals surface area contributed by atoms with E-state index in [0.717, 1.165) is 11.3 Å². The Hall–Kier alpha value is -4.18. The lowest BCUT2D eigenvalue weighted by Gasteiger charge is -2.15. The minimum absolute atomic E-state index is 0.290. The number of aromatic nitrogens is 1. The van der Waals surface area contributed by atoms with Crippen LogP contribution in [0.15, 0.2) is 59.7 Å². The van der Waals surface area contributed by atoms with E-state index in [1.165, 1.54) is 44.7 Å². The molecule has 0 N–H and O–H groups in total. The molecule has 186 valence electrons. The van der Waals surface area contributed by atoms with Crippen LogP contribution in [0.2, 0.25) is 0 Å². The first kappa shape index (κ1) is 24.9. The van der Waals surface area contributed by atoms with Crippen molar-refractivity contribution in [2.75, 3.05) is 32.9 Å². The van der Waals surface area contributed by atoms with E-state index >= 15 is 0 Å². The van der Waals surface area contributed by atoms with Crippen molar-refractivity contribution in [1.29, 1.82) is 0 Å². The number of benzene rings is 3. The molecule has 0 bridgehead atoms. The van der Waals surface area contributed by atoms with Gasteiger partial charge in [-0.05, 0) is 61.5 Å². The minimum atomic E-state index is -0.415. The first-order valence-corrected chi connectivity index (χ1v) is 11.8. The van der Waals surface area contributed by atoms with Crippen LogP contribution in [0.3, 0.4) is 0 Å². The summed E-state index contributed by atoms with van der Waals surface area (Å²) in [4.78, 5) is 18.0. The third kappa shape index (κ3) is 5.23. The number of hydrogen-bond donors (Lipinski definition) is 0. The number of carbonyl (C=O) groups excluding carboxylic acids is 1. The van der Waals surface area contributed by atoms with Crippen LogP contribution in [0, 0.1) is 5.82 Å².